The first-order chi connectivity index (χ1) is 14.9. The first kappa shape index (κ1) is 26.7. The molecule has 32 heavy (non-hydrogen) atoms. The lowest BCUT2D eigenvalue weighted by atomic mass is 9.98. The van der Waals surface area contributed by atoms with Crippen LogP contribution in [0.5, 0.6) is 0 Å². The predicted octanol–water partition coefficient (Wildman–Crippen LogP) is -6.47. The highest BCUT2D eigenvalue weighted by atomic mass is 16.8. The van der Waals surface area contributed by atoms with Crippen molar-refractivity contribution in [3.05, 3.63) is 0 Å². The number of ether oxygens (including phenoxy) is 4. The van der Waals surface area contributed by atoms with Gasteiger partial charge < -0.3 is 70.0 Å². The zero-order chi connectivity index (χ0) is 24.4. The molecule has 0 spiro atoms. The van der Waals surface area contributed by atoms with Crippen LogP contribution in [0.1, 0.15) is 0 Å². The molecule has 2 rings (SSSR count). The van der Waals surface area contributed by atoms with E-state index in [1.165, 1.54) is 0 Å². The number of carboxylic acid groups (broad SMARTS) is 2. The summed E-state index contributed by atoms with van der Waals surface area (Å²) < 4.78 is 20.4. The van der Waals surface area contributed by atoms with Crippen molar-refractivity contribution in [1.29, 1.82) is 0 Å². The molecule has 16 heteroatoms. The molecule has 0 aromatic carbocycles. The van der Waals surface area contributed by atoms with Crippen LogP contribution < -0.4 is 0 Å². The highest BCUT2D eigenvalue weighted by Crippen LogP contribution is 2.36. The van der Waals surface area contributed by atoms with E-state index >= 15 is 0 Å². The minimum absolute atomic E-state index is 0.780. The normalized spacial score (nSPS) is 41.9. The van der Waals surface area contributed by atoms with Crippen LogP contribution >= 0.6 is 0 Å². The second kappa shape index (κ2) is 10.6. The SMILES string of the molecule is O=C(O)C(O)C(OC[C@H]1O[C@H](O[C@]2(CO)O[C@H](CO)[C@@H](O)[C@@H]2O)[C@H](O)[C@@H](O)[C@@H]1O)C(=O)O. The van der Waals surface area contributed by atoms with Crippen molar-refractivity contribution in [2.24, 2.45) is 0 Å². The third kappa shape index (κ3) is 5.16. The van der Waals surface area contributed by atoms with Crippen LogP contribution in [0, 0.1) is 0 Å². The molecule has 186 valence electrons. The Morgan fingerprint density at radius 3 is 2.00 bits per heavy atom. The Morgan fingerprint density at radius 2 is 1.53 bits per heavy atom. The van der Waals surface area contributed by atoms with Gasteiger partial charge in [-0.05, 0) is 0 Å². The molecule has 16 nitrogen and oxygen atoms in total. The lowest BCUT2D eigenvalue weighted by Crippen LogP contribution is -2.63. The number of aliphatic hydroxyl groups excluding tert-OH is 8. The van der Waals surface area contributed by atoms with Crippen LogP contribution in [0.3, 0.4) is 0 Å². The summed E-state index contributed by atoms with van der Waals surface area (Å²) in [7, 11) is 0. The van der Waals surface area contributed by atoms with Crippen LogP contribution in [0.15, 0.2) is 0 Å². The molecule has 0 aromatic heterocycles. The molecule has 0 bridgehead atoms. The van der Waals surface area contributed by atoms with Crippen molar-refractivity contribution in [1.82, 2.24) is 0 Å². The number of carboxylic acids is 2. The Kier molecular flexibility index (Phi) is 8.84. The number of hydrogen-bond donors (Lipinski definition) is 10. The van der Waals surface area contributed by atoms with Gasteiger partial charge in [-0.15, -0.1) is 0 Å². The van der Waals surface area contributed by atoms with Gasteiger partial charge in [0, 0.05) is 0 Å². The molecule has 0 radical (unpaired) electrons. The van der Waals surface area contributed by atoms with Crippen molar-refractivity contribution in [2.75, 3.05) is 19.8 Å². The zero-order valence-corrected chi connectivity index (χ0v) is 16.3. The topological polar surface area (TPSA) is 273 Å². The number of carbonyl (C=O) groups is 2. The van der Waals surface area contributed by atoms with E-state index in [1.54, 1.807) is 0 Å². The monoisotopic (exact) mass is 474 g/mol. The molecule has 11 atom stereocenters. The van der Waals surface area contributed by atoms with Gasteiger partial charge in [0.2, 0.25) is 5.79 Å². The number of aliphatic hydroxyl groups is 8. The molecule has 2 saturated heterocycles. The van der Waals surface area contributed by atoms with E-state index in [1.807, 2.05) is 0 Å². The smallest absolute Gasteiger partial charge is 0.336 e. The Hall–Kier alpha value is -1.54. The molecular weight excluding hydrogens is 448 g/mol. The van der Waals surface area contributed by atoms with E-state index in [4.69, 9.17) is 29.2 Å². The maximum absolute atomic E-state index is 11.1. The van der Waals surface area contributed by atoms with Crippen molar-refractivity contribution in [2.45, 2.75) is 67.0 Å². The van der Waals surface area contributed by atoms with Gasteiger partial charge in [0.05, 0.1) is 13.2 Å². The summed E-state index contributed by atoms with van der Waals surface area (Å²) in [6.07, 6.45) is -19.3. The average Bonchev–Trinajstić information content (AvgIpc) is 2.99. The van der Waals surface area contributed by atoms with Crippen molar-refractivity contribution >= 4 is 11.9 Å². The minimum Gasteiger partial charge on any atom is -0.479 e. The fraction of sp³-hybridized carbons (Fsp3) is 0.875. The third-order valence-electron chi connectivity index (χ3n) is 5.11. The summed E-state index contributed by atoms with van der Waals surface area (Å²) in [6.45, 7) is -2.80. The van der Waals surface area contributed by atoms with E-state index in [0.29, 0.717) is 0 Å². The van der Waals surface area contributed by atoms with E-state index in [9.17, 15) is 50.4 Å². The largest absolute Gasteiger partial charge is 0.479 e. The van der Waals surface area contributed by atoms with Gasteiger partial charge in [-0.3, -0.25) is 0 Å². The summed E-state index contributed by atoms with van der Waals surface area (Å²) in [4.78, 5) is 21.9. The first-order valence-corrected chi connectivity index (χ1v) is 9.28. The first-order valence-electron chi connectivity index (χ1n) is 9.28. The molecule has 2 aliphatic rings. The Morgan fingerprint density at radius 1 is 0.906 bits per heavy atom. The molecular formula is C16H26O16. The molecule has 10 N–H and O–H groups in total. The maximum Gasteiger partial charge on any atom is 0.336 e. The lowest BCUT2D eigenvalue weighted by Gasteiger charge is -2.43. The standard InChI is InChI=1S/C16H26O16/c17-1-4-7(20)12(24)16(3-18,31-4)32-15-9(22)8(21)6(19)5(30-15)2-29-11(14(27)28)10(23)13(25)26/h4-12,15,17-24H,1-3H2,(H,25,26)(H,27,28)/t4-,5-,6-,7-,8+,9-,10?,11?,12+,15-,16+/m1/s1. The minimum atomic E-state index is -2.48. The van der Waals surface area contributed by atoms with E-state index < -0.39 is 98.8 Å². The van der Waals surface area contributed by atoms with Gasteiger partial charge in [-0.25, -0.2) is 9.59 Å². The molecule has 2 fully saturated rings. The summed E-state index contributed by atoms with van der Waals surface area (Å²) >= 11 is 0. The molecule has 2 aliphatic heterocycles. The number of rotatable bonds is 10. The Balaban J connectivity index is 2.16. The van der Waals surface area contributed by atoms with Gasteiger partial charge in [0.1, 0.15) is 49.3 Å². The molecule has 2 heterocycles. The summed E-state index contributed by atoms with van der Waals surface area (Å²) in [6, 6.07) is 0. The predicted molar refractivity (Wildman–Crippen MR) is 92.6 cm³/mol. The maximum atomic E-state index is 11.1. The summed E-state index contributed by atoms with van der Waals surface area (Å²) in [5.74, 6) is -6.19. The molecule has 0 aromatic rings. The van der Waals surface area contributed by atoms with Crippen LogP contribution in [-0.4, -0.2) is 150 Å². The fourth-order valence-electron chi connectivity index (χ4n) is 3.24. The van der Waals surface area contributed by atoms with E-state index in [0.717, 1.165) is 0 Å². The summed E-state index contributed by atoms with van der Waals surface area (Å²) in [5.41, 5.74) is 0. The molecule has 0 aliphatic carbocycles. The Labute approximate surface area is 179 Å². The highest BCUT2D eigenvalue weighted by Gasteiger charge is 2.58. The van der Waals surface area contributed by atoms with E-state index in [2.05, 4.69) is 0 Å². The number of hydrogen-bond acceptors (Lipinski definition) is 14. The summed E-state index contributed by atoms with van der Waals surface area (Å²) in [5, 5.41) is 96.4. The van der Waals surface area contributed by atoms with Gasteiger partial charge >= 0.3 is 11.9 Å². The number of aliphatic carboxylic acids is 2. The van der Waals surface area contributed by atoms with Gasteiger partial charge in [-0.2, -0.15) is 0 Å². The van der Waals surface area contributed by atoms with Gasteiger partial charge in [0.25, 0.3) is 0 Å². The highest BCUT2D eigenvalue weighted by molar-refractivity contribution is 5.83. The molecule has 0 saturated carbocycles. The lowest BCUT2D eigenvalue weighted by molar-refractivity contribution is -0.384. The van der Waals surface area contributed by atoms with Crippen LogP contribution in [0.25, 0.3) is 0 Å². The van der Waals surface area contributed by atoms with Crippen LogP contribution in [0.4, 0.5) is 0 Å². The third-order valence-corrected chi connectivity index (χ3v) is 5.11. The second-order valence-electron chi connectivity index (χ2n) is 7.25. The van der Waals surface area contributed by atoms with Crippen LogP contribution in [-0.2, 0) is 28.5 Å². The van der Waals surface area contributed by atoms with Crippen molar-refractivity contribution in [3.8, 4) is 0 Å². The van der Waals surface area contributed by atoms with Gasteiger partial charge in [-0.1, -0.05) is 0 Å². The Bertz CT molecular complexity index is 660. The fourth-order valence-corrected chi connectivity index (χ4v) is 3.24. The van der Waals surface area contributed by atoms with Gasteiger partial charge in [0.15, 0.2) is 18.5 Å². The second-order valence-corrected chi connectivity index (χ2v) is 7.25. The zero-order valence-electron chi connectivity index (χ0n) is 16.3. The molecule has 2 unspecified atom stereocenters. The van der Waals surface area contributed by atoms with Crippen LogP contribution in [0.2, 0.25) is 0 Å². The average molecular weight is 474 g/mol. The molecule has 0 amide bonds. The quantitative estimate of drug-likeness (QED) is 0.141. The van der Waals surface area contributed by atoms with E-state index in [-0.39, 0.29) is 0 Å². The van der Waals surface area contributed by atoms with Crippen molar-refractivity contribution < 1.29 is 79.6 Å². The van der Waals surface area contributed by atoms with Crippen molar-refractivity contribution in [3.63, 3.8) is 0 Å².